The Morgan fingerprint density at radius 2 is 0.635 bits per heavy atom. The van der Waals surface area contributed by atoms with Crippen molar-refractivity contribution in [1.29, 1.82) is 0 Å². The topological polar surface area (TPSA) is 15.3 Å². The third-order valence-corrected chi connectivity index (χ3v) is 16.1. The monoisotopic (exact) mass is 950 g/mol. The molecule has 0 bridgehead atoms. The third-order valence-electron chi connectivity index (χ3n) is 16.1. The Bertz CT molecular complexity index is 4630. The van der Waals surface area contributed by atoms with Crippen molar-refractivity contribution in [1.82, 2.24) is 8.80 Å². The Labute approximate surface area is 430 Å². The third kappa shape index (κ3) is 5.97. The van der Waals surface area contributed by atoms with Crippen LogP contribution >= 0.6 is 0 Å². The molecule has 0 fully saturated rings. The highest BCUT2D eigenvalue weighted by molar-refractivity contribution is 6.40. The minimum Gasteiger partial charge on any atom is -0.308 e. The van der Waals surface area contributed by atoms with E-state index in [-0.39, 0.29) is 10.8 Å². The lowest BCUT2D eigenvalue weighted by Gasteiger charge is -2.29. The first-order valence-electron chi connectivity index (χ1n) is 26.1. The smallest absolute Gasteiger partial charge is 0.0789 e. The second-order valence-electron chi connectivity index (χ2n) is 22.6. The Hall–Kier alpha value is -8.86. The van der Waals surface area contributed by atoms with Crippen LogP contribution in [0.15, 0.2) is 218 Å². The van der Waals surface area contributed by atoms with Gasteiger partial charge in [0.15, 0.2) is 0 Å². The fraction of sp³-hybridized carbons (Fsp3) is 0.114. The number of benzene rings is 11. The second-order valence-corrected chi connectivity index (χ2v) is 22.6. The van der Waals surface area contributed by atoms with E-state index in [1.54, 1.807) is 0 Å². The maximum Gasteiger partial charge on any atom is 0.0789 e. The maximum absolute atomic E-state index is 2.64. The van der Waals surface area contributed by atoms with E-state index >= 15 is 0 Å². The molecule has 0 unspecified atom stereocenters. The van der Waals surface area contributed by atoms with E-state index in [9.17, 15) is 0 Å². The molecular weight excluding hydrogens is 897 g/mol. The molecule has 0 amide bonds. The van der Waals surface area contributed by atoms with Crippen molar-refractivity contribution in [2.45, 2.75) is 52.4 Å². The lowest BCUT2D eigenvalue weighted by atomic mass is 9.84. The normalized spacial score (nSPS) is 12.7. The lowest BCUT2D eigenvalue weighted by molar-refractivity contribution is 0.591. The molecule has 74 heavy (non-hydrogen) atoms. The first-order valence-corrected chi connectivity index (χ1v) is 26.1. The second kappa shape index (κ2) is 15.3. The largest absolute Gasteiger partial charge is 0.308 e. The Kier molecular flexibility index (Phi) is 8.87. The summed E-state index contributed by atoms with van der Waals surface area (Å²) in [5.74, 6) is 0. The number of para-hydroxylation sites is 4. The number of hydrogen-bond acceptors (Lipinski definition) is 2. The molecule has 4 nitrogen and oxygen atoms in total. The predicted octanol–water partition coefficient (Wildman–Crippen LogP) is 19.8. The lowest BCUT2D eigenvalue weighted by Crippen LogP contribution is -2.15. The molecule has 0 saturated carbocycles. The molecule has 0 aliphatic carbocycles. The van der Waals surface area contributed by atoms with Crippen LogP contribution in [0.3, 0.4) is 0 Å². The van der Waals surface area contributed by atoms with Crippen LogP contribution in [0, 0.1) is 0 Å². The van der Waals surface area contributed by atoms with Gasteiger partial charge in [0, 0.05) is 65.8 Å². The molecule has 4 aromatic heterocycles. The molecule has 0 atom stereocenters. The van der Waals surface area contributed by atoms with Gasteiger partial charge in [-0.05, 0) is 141 Å². The number of nitrogens with zero attached hydrogens (tertiary/aromatic N) is 4. The van der Waals surface area contributed by atoms with Gasteiger partial charge in [-0.3, -0.25) is 0 Å². The van der Waals surface area contributed by atoms with Crippen molar-refractivity contribution in [3.63, 3.8) is 0 Å². The summed E-state index contributed by atoms with van der Waals surface area (Å²) < 4.78 is 5.28. The average molecular weight is 951 g/mol. The zero-order chi connectivity index (χ0) is 49.8. The van der Waals surface area contributed by atoms with Gasteiger partial charge < -0.3 is 18.6 Å². The van der Waals surface area contributed by atoms with Gasteiger partial charge in [0.25, 0.3) is 0 Å². The molecule has 15 aromatic rings. The molecule has 4 heterocycles. The highest BCUT2D eigenvalue weighted by atomic mass is 15.2. The van der Waals surface area contributed by atoms with Crippen LogP contribution in [-0.2, 0) is 10.8 Å². The minimum absolute atomic E-state index is 0.118. The van der Waals surface area contributed by atoms with E-state index in [4.69, 9.17) is 0 Å². The summed E-state index contributed by atoms with van der Waals surface area (Å²) in [6, 6.07) is 81.6. The highest BCUT2D eigenvalue weighted by Gasteiger charge is 2.32. The first-order chi connectivity index (χ1) is 36.0. The van der Waals surface area contributed by atoms with E-state index in [1.165, 1.54) is 109 Å². The maximum atomic E-state index is 2.64. The molecule has 0 spiro atoms. The summed E-state index contributed by atoms with van der Waals surface area (Å²) >= 11 is 0. The first kappa shape index (κ1) is 42.8. The van der Waals surface area contributed by atoms with Gasteiger partial charge in [-0.15, -0.1) is 0 Å². The molecule has 0 N–H and O–H groups in total. The summed E-state index contributed by atoms with van der Waals surface area (Å²) in [6.07, 6.45) is 0. The van der Waals surface area contributed by atoms with E-state index in [2.05, 4.69) is 279 Å². The number of fused-ring (bicyclic) bond motifs is 17. The summed E-state index contributed by atoms with van der Waals surface area (Å²) in [5.41, 5.74) is 16.6. The van der Waals surface area contributed by atoms with Gasteiger partial charge in [0.05, 0.1) is 44.5 Å². The van der Waals surface area contributed by atoms with Gasteiger partial charge in [-0.1, -0.05) is 163 Å². The van der Waals surface area contributed by atoms with Crippen LogP contribution in [-0.4, -0.2) is 8.80 Å². The van der Waals surface area contributed by atoms with Gasteiger partial charge >= 0.3 is 0 Å². The molecule has 4 heteroatoms. The zero-order valence-electron chi connectivity index (χ0n) is 42.6. The summed E-state index contributed by atoms with van der Waals surface area (Å²) in [6.45, 7) is 14.1. The van der Waals surface area contributed by atoms with E-state index in [0.717, 1.165) is 34.1 Å². The van der Waals surface area contributed by atoms with Crippen molar-refractivity contribution in [3.05, 3.63) is 230 Å². The Morgan fingerprint density at radius 1 is 0.284 bits per heavy atom. The highest BCUT2D eigenvalue weighted by Crippen LogP contribution is 2.54. The molecule has 15 rings (SSSR count). The Morgan fingerprint density at radius 3 is 1.11 bits per heavy atom. The minimum atomic E-state index is -0.122. The zero-order valence-corrected chi connectivity index (χ0v) is 42.6. The molecule has 0 aliphatic heterocycles. The summed E-state index contributed by atoms with van der Waals surface area (Å²) in [7, 11) is 0. The van der Waals surface area contributed by atoms with Crippen LogP contribution in [0.4, 0.5) is 34.1 Å². The molecule has 354 valence electrons. The van der Waals surface area contributed by atoms with Crippen LogP contribution < -0.4 is 9.80 Å². The number of rotatable bonds is 6. The fourth-order valence-corrected chi connectivity index (χ4v) is 12.7. The van der Waals surface area contributed by atoms with Crippen LogP contribution in [0.2, 0.25) is 0 Å². The van der Waals surface area contributed by atoms with E-state index < -0.39 is 0 Å². The fourth-order valence-electron chi connectivity index (χ4n) is 12.7. The standard InChI is InChI=1S/C70H54N4/c1-69(2,3)45-39-54-62-52-34-22-20-24-44(52)38-59(71(47-25-11-7-12-26-47)48-27-13-8-14-28-48)68(62)73-57-35-36-58-63(64(57)56(40-45)65(54)73)53-37-43-23-19-21-33-51(43)61-55-41-46(70(4,5)6)42-60(66(55)74(58)67(53)61)72(49-29-15-9-16-30-49)50-31-17-10-18-32-50/h7-42H,1-6H3. The van der Waals surface area contributed by atoms with Crippen molar-refractivity contribution in [2.75, 3.05) is 9.80 Å². The average Bonchev–Trinajstić information content (AvgIpc) is 4.16. The van der Waals surface area contributed by atoms with Crippen molar-refractivity contribution < 1.29 is 0 Å². The quantitative estimate of drug-likeness (QED) is 0.165. The molecule has 0 radical (unpaired) electrons. The van der Waals surface area contributed by atoms with Crippen LogP contribution in [0.5, 0.6) is 0 Å². The van der Waals surface area contributed by atoms with Crippen molar-refractivity contribution in [2.24, 2.45) is 0 Å². The van der Waals surface area contributed by atoms with Gasteiger partial charge in [-0.25, -0.2) is 0 Å². The molecular formula is C70H54N4. The molecule has 0 aliphatic rings. The SMILES string of the molecule is CC(C)(C)c1cc(N(c2ccccc2)c2ccccc2)c2c(c1)c1c3ccccc3cc3c4c5c6cc(C(C)(C)C)cc7c8c9ccccc9cc(N(c9ccccc9)c9ccccc9)c8n(c5ccc4n2c31)c67. The number of anilines is 6. The van der Waals surface area contributed by atoms with Crippen molar-refractivity contribution >= 4 is 132 Å². The summed E-state index contributed by atoms with van der Waals surface area (Å²) in [4.78, 5) is 4.95. The van der Waals surface area contributed by atoms with Crippen LogP contribution in [0.25, 0.3) is 97.7 Å². The van der Waals surface area contributed by atoms with E-state index in [1.807, 2.05) is 0 Å². The molecule has 11 aromatic carbocycles. The van der Waals surface area contributed by atoms with Gasteiger partial charge in [-0.2, -0.15) is 0 Å². The molecule has 0 saturated heterocycles. The van der Waals surface area contributed by atoms with Gasteiger partial charge in [0.2, 0.25) is 0 Å². The van der Waals surface area contributed by atoms with E-state index in [0.29, 0.717) is 0 Å². The van der Waals surface area contributed by atoms with Gasteiger partial charge in [0.1, 0.15) is 0 Å². The Balaban J connectivity index is 1.18. The van der Waals surface area contributed by atoms with Crippen molar-refractivity contribution in [3.8, 4) is 0 Å². The summed E-state index contributed by atoms with van der Waals surface area (Å²) in [5, 5.41) is 15.3. The predicted molar refractivity (Wildman–Crippen MR) is 318 cm³/mol. The number of aromatic nitrogens is 2. The van der Waals surface area contributed by atoms with Crippen LogP contribution in [0.1, 0.15) is 52.7 Å². The number of hydrogen-bond donors (Lipinski definition) is 0.